The maximum atomic E-state index is 4.73. The molecule has 0 aromatic heterocycles. The van der Waals surface area contributed by atoms with Gasteiger partial charge in [-0.3, -0.25) is 9.98 Å². The summed E-state index contributed by atoms with van der Waals surface area (Å²) in [6.07, 6.45) is 0. The van der Waals surface area contributed by atoms with Gasteiger partial charge < -0.3 is 4.90 Å². The fourth-order valence-corrected chi connectivity index (χ4v) is 1.76. The van der Waals surface area contributed by atoms with Crippen molar-refractivity contribution in [1.29, 1.82) is 0 Å². The first-order chi connectivity index (χ1) is 8.91. The molecule has 0 bridgehead atoms. The van der Waals surface area contributed by atoms with Crippen molar-refractivity contribution in [3.8, 4) is 0 Å². The molecule has 1 rings (SSSR count). The van der Waals surface area contributed by atoms with Crippen molar-refractivity contribution in [2.24, 2.45) is 9.98 Å². The van der Waals surface area contributed by atoms with Gasteiger partial charge in [0.15, 0.2) is 0 Å². The minimum Gasteiger partial charge on any atom is -0.308 e. The van der Waals surface area contributed by atoms with Crippen LogP contribution in [0.5, 0.6) is 0 Å². The predicted octanol–water partition coefficient (Wildman–Crippen LogP) is 3.42. The number of para-hydroxylation sites is 1. The molecule has 19 heavy (non-hydrogen) atoms. The third-order valence-corrected chi connectivity index (χ3v) is 3.14. The molecule has 0 saturated carbocycles. The maximum absolute atomic E-state index is 4.73. The highest BCUT2D eigenvalue weighted by atomic mass is 15.1. The van der Waals surface area contributed by atoms with E-state index in [1.54, 1.807) is 0 Å². The fourth-order valence-electron chi connectivity index (χ4n) is 1.76. The van der Waals surface area contributed by atoms with Crippen LogP contribution in [0.25, 0.3) is 0 Å². The molecule has 0 spiro atoms. The van der Waals surface area contributed by atoms with Crippen molar-refractivity contribution >= 4 is 17.1 Å². The Morgan fingerprint density at radius 3 is 2.16 bits per heavy atom. The summed E-state index contributed by atoms with van der Waals surface area (Å²) in [4.78, 5) is 11.4. The van der Waals surface area contributed by atoms with Gasteiger partial charge in [-0.05, 0) is 52.9 Å². The van der Waals surface area contributed by atoms with E-state index in [1.807, 2.05) is 13.8 Å². The molecule has 0 amide bonds. The SMILES string of the molecule is CC(=N\CCN(C)C)/C(C)=N/c1c(C)cccc1C. The number of benzene rings is 1. The van der Waals surface area contributed by atoms with Gasteiger partial charge >= 0.3 is 0 Å². The first-order valence-corrected chi connectivity index (χ1v) is 6.69. The first kappa shape index (κ1) is 15.6. The van der Waals surface area contributed by atoms with Crippen LogP contribution in [0.3, 0.4) is 0 Å². The molecule has 0 saturated heterocycles. The molecule has 0 radical (unpaired) electrons. The summed E-state index contributed by atoms with van der Waals surface area (Å²) in [7, 11) is 4.12. The highest BCUT2D eigenvalue weighted by Gasteiger charge is 2.03. The van der Waals surface area contributed by atoms with Crippen LogP contribution in [-0.2, 0) is 0 Å². The maximum Gasteiger partial charge on any atom is 0.0691 e. The van der Waals surface area contributed by atoms with Crippen molar-refractivity contribution in [3.63, 3.8) is 0 Å². The second kappa shape index (κ2) is 7.19. The smallest absolute Gasteiger partial charge is 0.0691 e. The molecule has 0 N–H and O–H groups in total. The second-order valence-corrected chi connectivity index (χ2v) is 5.21. The van der Waals surface area contributed by atoms with Gasteiger partial charge in [-0.1, -0.05) is 18.2 Å². The summed E-state index contributed by atoms with van der Waals surface area (Å²) < 4.78 is 0. The number of rotatable bonds is 5. The molecular formula is C16H25N3. The third-order valence-electron chi connectivity index (χ3n) is 3.14. The van der Waals surface area contributed by atoms with Crippen LogP contribution in [0.2, 0.25) is 0 Å². The standard InChI is InChI=1S/C16H25N3/c1-12-8-7-9-13(2)16(12)18-15(4)14(3)17-10-11-19(5)6/h7-9H,10-11H2,1-6H3/b17-14+,18-15+. The van der Waals surface area contributed by atoms with Crippen LogP contribution < -0.4 is 0 Å². The summed E-state index contributed by atoms with van der Waals surface area (Å²) in [5, 5.41) is 0. The lowest BCUT2D eigenvalue weighted by Crippen LogP contribution is -2.17. The van der Waals surface area contributed by atoms with E-state index >= 15 is 0 Å². The van der Waals surface area contributed by atoms with Gasteiger partial charge in [0, 0.05) is 6.54 Å². The largest absolute Gasteiger partial charge is 0.308 e. The lowest BCUT2D eigenvalue weighted by atomic mass is 10.1. The summed E-state index contributed by atoms with van der Waals surface area (Å²) in [5.74, 6) is 0. The Morgan fingerprint density at radius 1 is 1.05 bits per heavy atom. The van der Waals surface area contributed by atoms with E-state index in [0.717, 1.165) is 30.2 Å². The zero-order chi connectivity index (χ0) is 14.4. The van der Waals surface area contributed by atoms with Gasteiger partial charge in [0.25, 0.3) is 0 Å². The van der Waals surface area contributed by atoms with Crippen molar-refractivity contribution in [2.45, 2.75) is 27.7 Å². The van der Waals surface area contributed by atoms with Crippen molar-refractivity contribution in [3.05, 3.63) is 29.3 Å². The Balaban J connectivity index is 2.87. The number of nitrogens with zero attached hydrogens (tertiary/aromatic N) is 3. The summed E-state index contributed by atoms with van der Waals surface area (Å²) in [6.45, 7) is 10.0. The summed E-state index contributed by atoms with van der Waals surface area (Å²) >= 11 is 0. The molecule has 0 aliphatic carbocycles. The van der Waals surface area contributed by atoms with Crippen molar-refractivity contribution in [2.75, 3.05) is 27.2 Å². The Labute approximate surface area is 117 Å². The minimum absolute atomic E-state index is 0.818. The highest BCUT2D eigenvalue weighted by molar-refractivity contribution is 6.41. The number of hydrogen-bond acceptors (Lipinski definition) is 3. The van der Waals surface area contributed by atoms with E-state index in [1.165, 1.54) is 11.1 Å². The molecule has 0 unspecified atom stereocenters. The Hall–Kier alpha value is -1.48. The Kier molecular flexibility index (Phi) is 5.90. The van der Waals surface area contributed by atoms with Gasteiger partial charge in [0.05, 0.1) is 23.7 Å². The predicted molar refractivity (Wildman–Crippen MR) is 85.2 cm³/mol. The fraction of sp³-hybridized carbons (Fsp3) is 0.500. The highest BCUT2D eigenvalue weighted by Crippen LogP contribution is 2.23. The lowest BCUT2D eigenvalue weighted by molar-refractivity contribution is 0.420. The second-order valence-electron chi connectivity index (χ2n) is 5.21. The van der Waals surface area contributed by atoms with E-state index in [0.29, 0.717) is 0 Å². The molecule has 0 fully saturated rings. The monoisotopic (exact) mass is 259 g/mol. The van der Waals surface area contributed by atoms with Crippen molar-refractivity contribution < 1.29 is 0 Å². The molecule has 0 heterocycles. The molecule has 0 aliphatic heterocycles. The van der Waals surface area contributed by atoms with Gasteiger partial charge in [0.2, 0.25) is 0 Å². The molecule has 3 heteroatoms. The Bertz CT molecular complexity index is 465. The number of aliphatic imine (C=N–C) groups is 2. The zero-order valence-corrected chi connectivity index (χ0v) is 13.0. The topological polar surface area (TPSA) is 28.0 Å². The number of hydrogen-bond donors (Lipinski definition) is 0. The van der Waals surface area contributed by atoms with E-state index in [2.05, 4.69) is 56.0 Å². The normalized spacial score (nSPS) is 13.2. The van der Waals surface area contributed by atoms with Gasteiger partial charge in [0.1, 0.15) is 0 Å². The summed E-state index contributed by atoms with van der Waals surface area (Å²) in [6, 6.07) is 6.26. The van der Waals surface area contributed by atoms with Crippen LogP contribution in [0, 0.1) is 13.8 Å². The van der Waals surface area contributed by atoms with Gasteiger partial charge in [-0.25, -0.2) is 0 Å². The lowest BCUT2D eigenvalue weighted by Gasteiger charge is -2.08. The molecular weight excluding hydrogens is 234 g/mol. The molecule has 0 aliphatic rings. The van der Waals surface area contributed by atoms with Crippen LogP contribution in [0.15, 0.2) is 28.2 Å². The first-order valence-electron chi connectivity index (χ1n) is 6.69. The molecule has 1 aromatic rings. The Morgan fingerprint density at radius 2 is 1.63 bits per heavy atom. The van der Waals surface area contributed by atoms with Gasteiger partial charge in [-0.15, -0.1) is 0 Å². The zero-order valence-electron chi connectivity index (χ0n) is 13.0. The summed E-state index contributed by atoms with van der Waals surface area (Å²) in [5.41, 5.74) is 5.50. The third kappa shape index (κ3) is 4.95. The quantitative estimate of drug-likeness (QED) is 0.745. The average molecular weight is 259 g/mol. The van der Waals surface area contributed by atoms with E-state index in [-0.39, 0.29) is 0 Å². The number of aryl methyl sites for hydroxylation is 2. The van der Waals surface area contributed by atoms with Crippen LogP contribution >= 0.6 is 0 Å². The molecule has 1 aromatic carbocycles. The van der Waals surface area contributed by atoms with Crippen LogP contribution in [0.1, 0.15) is 25.0 Å². The molecule has 104 valence electrons. The minimum atomic E-state index is 0.818. The van der Waals surface area contributed by atoms with Crippen LogP contribution in [-0.4, -0.2) is 43.5 Å². The van der Waals surface area contributed by atoms with E-state index in [9.17, 15) is 0 Å². The molecule has 0 atom stereocenters. The van der Waals surface area contributed by atoms with Gasteiger partial charge in [-0.2, -0.15) is 0 Å². The average Bonchev–Trinajstić information content (AvgIpc) is 2.33. The van der Waals surface area contributed by atoms with E-state index in [4.69, 9.17) is 4.99 Å². The van der Waals surface area contributed by atoms with Crippen LogP contribution in [0.4, 0.5) is 5.69 Å². The van der Waals surface area contributed by atoms with Crippen molar-refractivity contribution in [1.82, 2.24) is 4.90 Å². The van der Waals surface area contributed by atoms with E-state index < -0.39 is 0 Å². The number of likely N-dealkylation sites (N-methyl/N-ethyl adjacent to an activating group) is 1. The molecule has 3 nitrogen and oxygen atoms in total.